The Bertz CT molecular complexity index is 268. The number of rotatable bonds is 3. The van der Waals surface area contributed by atoms with Gasteiger partial charge in [-0.05, 0) is 18.4 Å². The molecule has 0 fully saturated rings. The van der Waals surface area contributed by atoms with Crippen molar-refractivity contribution < 1.29 is 4.79 Å². The zero-order valence-electron chi connectivity index (χ0n) is 8.28. The van der Waals surface area contributed by atoms with Crippen LogP contribution in [-0.4, -0.2) is 17.9 Å². The SMILES string of the molecule is CCC(=O)N(C)[C@@H](C)c1cccs1. The van der Waals surface area contributed by atoms with Crippen LogP contribution in [0.4, 0.5) is 0 Å². The van der Waals surface area contributed by atoms with E-state index in [-0.39, 0.29) is 11.9 Å². The first kappa shape index (κ1) is 10.3. The van der Waals surface area contributed by atoms with Gasteiger partial charge < -0.3 is 4.90 Å². The molecule has 0 radical (unpaired) electrons. The Hall–Kier alpha value is -0.830. The zero-order valence-corrected chi connectivity index (χ0v) is 9.10. The Morgan fingerprint density at radius 3 is 2.85 bits per heavy atom. The molecule has 2 nitrogen and oxygen atoms in total. The third kappa shape index (κ3) is 2.31. The van der Waals surface area contributed by atoms with Gasteiger partial charge >= 0.3 is 0 Å². The fourth-order valence-electron chi connectivity index (χ4n) is 1.19. The molecular weight excluding hydrogens is 182 g/mol. The van der Waals surface area contributed by atoms with Gasteiger partial charge in [0.25, 0.3) is 0 Å². The highest BCUT2D eigenvalue weighted by Gasteiger charge is 2.15. The van der Waals surface area contributed by atoms with Crippen molar-refractivity contribution >= 4 is 17.2 Å². The molecule has 3 heteroatoms. The second-order valence-corrected chi connectivity index (χ2v) is 4.03. The summed E-state index contributed by atoms with van der Waals surface area (Å²) in [5, 5.41) is 2.04. The van der Waals surface area contributed by atoms with E-state index in [0.29, 0.717) is 6.42 Å². The summed E-state index contributed by atoms with van der Waals surface area (Å²) in [5.74, 6) is 0.195. The summed E-state index contributed by atoms with van der Waals surface area (Å²) in [7, 11) is 1.86. The molecule has 0 bridgehead atoms. The van der Waals surface area contributed by atoms with Crippen LogP contribution in [0.25, 0.3) is 0 Å². The van der Waals surface area contributed by atoms with E-state index in [0.717, 1.165) is 0 Å². The van der Waals surface area contributed by atoms with Crippen LogP contribution in [0.5, 0.6) is 0 Å². The topological polar surface area (TPSA) is 20.3 Å². The average molecular weight is 197 g/mol. The highest BCUT2D eigenvalue weighted by molar-refractivity contribution is 7.10. The molecule has 1 heterocycles. The predicted molar refractivity (Wildman–Crippen MR) is 55.8 cm³/mol. The number of carbonyl (C=O) groups is 1. The van der Waals surface area contributed by atoms with E-state index in [1.165, 1.54) is 4.88 Å². The van der Waals surface area contributed by atoms with Crippen LogP contribution in [0.1, 0.15) is 31.2 Å². The number of thiophene rings is 1. The zero-order chi connectivity index (χ0) is 9.84. The van der Waals surface area contributed by atoms with Gasteiger partial charge in [-0.1, -0.05) is 13.0 Å². The lowest BCUT2D eigenvalue weighted by Crippen LogP contribution is -2.28. The van der Waals surface area contributed by atoms with Crippen LogP contribution in [0.15, 0.2) is 17.5 Å². The van der Waals surface area contributed by atoms with Crippen molar-refractivity contribution in [1.29, 1.82) is 0 Å². The molecule has 0 aliphatic heterocycles. The fourth-order valence-corrected chi connectivity index (χ4v) is 2.01. The van der Waals surface area contributed by atoms with Crippen molar-refractivity contribution in [3.05, 3.63) is 22.4 Å². The molecule has 0 N–H and O–H groups in total. The largest absolute Gasteiger partial charge is 0.338 e. The van der Waals surface area contributed by atoms with Crippen LogP contribution in [0.2, 0.25) is 0 Å². The van der Waals surface area contributed by atoms with Crippen molar-refractivity contribution in [1.82, 2.24) is 4.90 Å². The third-order valence-corrected chi connectivity index (χ3v) is 3.27. The molecule has 1 rings (SSSR count). The summed E-state index contributed by atoms with van der Waals surface area (Å²) in [6, 6.07) is 4.28. The Morgan fingerprint density at radius 1 is 1.69 bits per heavy atom. The van der Waals surface area contributed by atoms with Gasteiger partial charge in [0.1, 0.15) is 0 Å². The maximum atomic E-state index is 11.4. The van der Waals surface area contributed by atoms with Gasteiger partial charge in [0.05, 0.1) is 6.04 Å². The van der Waals surface area contributed by atoms with Gasteiger partial charge in [0.2, 0.25) is 5.91 Å². The van der Waals surface area contributed by atoms with E-state index < -0.39 is 0 Å². The standard InChI is InChI=1S/C10H15NOS/c1-4-10(12)11(3)8(2)9-6-5-7-13-9/h5-8H,4H2,1-3H3/t8-/m0/s1. The molecule has 1 amide bonds. The van der Waals surface area contributed by atoms with Gasteiger partial charge in [0.15, 0.2) is 0 Å². The first-order valence-corrected chi connectivity index (χ1v) is 5.33. The Morgan fingerprint density at radius 2 is 2.38 bits per heavy atom. The maximum absolute atomic E-state index is 11.4. The van der Waals surface area contributed by atoms with Crippen LogP contribution in [0.3, 0.4) is 0 Å². The van der Waals surface area contributed by atoms with E-state index in [4.69, 9.17) is 0 Å². The Balaban J connectivity index is 2.68. The monoisotopic (exact) mass is 197 g/mol. The van der Waals surface area contributed by atoms with E-state index >= 15 is 0 Å². The molecule has 0 unspecified atom stereocenters. The van der Waals surface area contributed by atoms with Crippen LogP contribution in [-0.2, 0) is 4.79 Å². The van der Waals surface area contributed by atoms with Crippen LogP contribution in [0, 0.1) is 0 Å². The highest BCUT2D eigenvalue weighted by atomic mass is 32.1. The molecule has 72 valence electrons. The molecule has 0 aliphatic rings. The number of hydrogen-bond acceptors (Lipinski definition) is 2. The summed E-state index contributed by atoms with van der Waals surface area (Å²) in [5.41, 5.74) is 0. The number of nitrogens with zero attached hydrogens (tertiary/aromatic N) is 1. The second kappa shape index (κ2) is 4.42. The van der Waals surface area contributed by atoms with Gasteiger partial charge in [0, 0.05) is 18.3 Å². The Kier molecular flexibility index (Phi) is 3.48. The number of hydrogen-bond donors (Lipinski definition) is 0. The molecule has 0 saturated heterocycles. The Labute approximate surface area is 83.2 Å². The van der Waals surface area contributed by atoms with E-state index in [1.807, 2.05) is 25.4 Å². The summed E-state index contributed by atoms with van der Waals surface area (Å²) >= 11 is 1.69. The number of amides is 1. The molecule has 13 heavy (non-hydrogen) atoms. The third-order valence-electron chi connectivity index (χ3n) is 2.23. The van der Waals surface area contributed by atoms with Crippen LogP contribution < -0.4 is 0 Å². The van der Waals surface area contributed by atoms with Gasteiger partial charge in [-0.15, -0.1) is 11.3 Å². The van der Waals surface area contributed by atoms with Crippen molar-refractivity contribution in [2.45, 2.75) is 26.3 Å². The van der Waals surface area contributed by atoms with Gasteiger partial charge in [-0.2, -0.15) is 0 Å². The summed E-state index contributed by atoms with van der Waals surface area (Å²) in [4.78, 5) is 14.4. The van der Waals surface area contributed by atoms with Gasteiger partial charge in [-0.25, -0.2) is 0 Å². The highest BCUT2D eigenvalue weighted by Crippen LogP contribution is 2.23. The van der Waals surface area contributed by atoms with Crippen molar-refractivity contribution in [2.75, 3.05) is 7.05 Å². The molecule has 0 aliphatic carbocycles. The second-order valence-electron chi connectivity index (χ2n) is 3.05. The van der Waals surface area contributed by atoms with Crippen molar-refractivity contribution in [2.24, 2.45) is 0 Å². The van der Waals surface area contributed by atoms with Crippen LogP contribution >= 0.6 is 11.3 Å². The van der Waals surface area contributed by atoms with Crippen molar-refractivity contribution in [3.63, 3.8) is 0 Å². The molecule has 0 aromatic carbocycles. The quantitative estimate of drug-likeness (QED) is 0.729. The molecule has 1 atom stereocenters. The maximum Gasteiger partial charge on any atom is 0.222 e. The number of carbonyl (C=O) groups excluding carboxylic acids is 1. The minimum atomic E-state index is 0.195. The predicted octanol–water partition coefficient (Wildman–Crippen LogP) is 2.68. The summed E-state index contributed by atoms with van der Waals surface area (Å²) in [6.07, 6.45) is 0.576. The van der Waals surface area contributed by atoms with E-state index in [2.05, 4.69) is 13.0 Å². The van der Waals surface area contributed by atoms with E-state index in [9.17, 15) is 4.79 Å². The van der Waals surface area contributed by atoms with E-state index in [1.54, 1.807) is 16.2 Å². The minimum absolute atomic E-state index is 0.195. The first-order chi connectivity index (χ1) is 6.16. The minimum Gasteiger partial charge on any atom is -0.338 e. The molecular formula is C10H15NOS. The lowest BCUT2D eigenvalue weighted by Gasteiger charge is -2.23. The molecule has 0 spiro atoms. The molecule has 1 aromatic heterocycles. The van der Waals surface area contributed by atoms with Crippen molar-refractivity contribution in [3.8, 4) is 0 Å². The average Bonchev–Trinajstić information content (AvgIpc) is 2.67. The lowest BCUT2D eigenvalue weighted by atomic mass is 10.2. The normalized spacial score (nSPS) is 12.5. The molecule has 1 aromatic rings. The fraction of sp³-hybridized carbons (Fsp3) is 0.500. The van der Waals surface area contributed by atoms with Gasteiger partial charge in [-0.3, -0.25) is 4.79 Å². The summed E-state index contributed by atoms with van der Waals surface area (Å²) in [6.45, 7) is 3.94. The lowest BCUT2D eigenvalue weighted by molar-refractivity contribution is -0.131. The molecule has 0 saturated carbocycles. The smallest absolute Gasteiger partial charge is 0.222 e. The first-order valence-electron chi connectivity index (χ1n) is 4.45. The summed E-state index contributed by atoms with van der Waals surface area (Å²) < 4.78 is 0.